The van der Waals surface area contributed by atoms with Gasteiger partial charge in [-0.15, -0.1) is 0 Å². The Kier molecular flexibility index (Phi) is 8.34. The first-order valence-corrected chi connectivity index (χ1v) is 12.8. The molecular weight excluding hydrogens is 498 g/mol. The van der Waals surface area contributed by atoms with Crippen LogP contribution in [0.2, 0.25) is 0 Å². The molecule has 0 aromatic heterocycles. The van der Waals surface area contributed by atoms with E-state index in [9.17, 15) is 24.6 Å². The molecule has 8 heteroatoms. The van der Waals surface area contributed by atoms with Crippen molar-refractivity contribution >= 4 is 29.1 Å². The second-order valence-electron chi connectivity index (χ2n) is 9.68. The molecule has 1 amide bonds. The third-order valence-electron chi connectivity index (χ3n) is 6.16. The minimum absolute atomic E-state index is 0.0145. The molecule has 1 fully saturated rings. The monoisotopic (exact) mass is 529 g/mol. The van der Waals surface area contributed by atoms with Crippen molar-refractivity contribution in [3.05, 3.63) is 95.1 Å². The quantitative estimate of drug-likeness (QED) is 0.160. The standard InChI is InChI=1S/C31H31NO7/c1-4-16-38-31(37)21-8-12-23(13-9-21)32-27(20-10-14-24(33)15-11-20)26(29(35)30(32)36)28(34)22-6-5-7-25(17-22)39-18-19(2)3/h5-15,17,19,27,33-34H,4,16,18H2,1-3H3/b28-26+. The van der Waals surface area contributed by atoms with E-state index in [0.29, 0.717) is 53.7 Å². The summed E-state index contributed by atoms with van der Waals surface area (Å²) in [6.07, 6.45) is 0.688. The van der Waals surface area contributed by atoms with E-state index < -0.39 is 23.7 Å². The molecule has 1 saturated heterocycles. The van der Waals surface area contributed by atoms with Gasteiger partial charge in [0.1, 0.15) is 17.3 Å². The highest BCUT2D eigenvalue weighted by molar-refractivity contribution is 6.51. The molecule has 2 N–H and O–H groups in total. The highest BCUT2D eigenvalue weighted by Crippen LogP contribution is 2.42. The number of aromatic hydroxyl groups is 1. The third-order valence-corrected chi connectivity index (χ3v) is 6.16. The summed E-state index contributed by atoms with van der Waals surface area (Å²) in [6.45, 7) is 6.70. The molecule has 0 radical (unpaired) electrons. The Labute approximate surface area is 227 Å². The third kappa shape index (κ3) is 5.95. The number of nitrogens with zero attached hydrogens (tertiary/aromatic N) is 1. The molecule has 1 unspecified atom stereocenters. The van der Waals surface area contributed by atoms with Crippen molar-refractivity contribution in [1.29, 1.82) is 0 Å². The van der Waals surface area contributed by atoms with E-state index in [2.05, 4.69) is 0 Å². The first-order valence-electron chi connectivity index (χ1n) is 12.8. The lowest BCUT2D eigenvalue weighted by Crippen LogP contribution is -2.29. The summed E-state index contributed by atoms with van der Waals surface area (Å²) >= 11 is 0. The molecule has 0 bridgehead atoms. The maximum Gasteiger partial charge on any atom is 0.338 e. The first-order chi connectivity index (χ1) is 18.7. The van der Waals surface area contributed by atoms with E-state index in [1.54, 1.807) is 48.5 Å². The zero-order chi connectivity index (χ0) is 28.1. The number of hydrogen-bond donors (Lipinski definition) is 2. The van der Waals surface area contributed by atoms with Crippen molar-refractivity contribution in [3.63, 3.8) is 0 Å². The second-order valence-corrected chi connectivity index (χ2v) is 9.68. The maximum absolute atomic E-state index is 13.4. The van der Waals surface area contributed by atoms with Gasteiger partial charge in [0.15, 0.2) is 0 Å². The molecule has 39 heavy (non-hydrogen) atoms. The van der Waals surface area contributed by atoms with E-state index >= 15 is 0 Å². The fourth-order valence-electron chi connectivity index (χ4n) is 4.26. The summed E-state index contributed by atoms with van der Waals surface area (Å²) in [6, 6.07) is 18.0. The number of carbonyl (C=O) groups excluding carboxylic acids is 3. The summed E-state index contributed by atoms with van der Waals surface area (Å²) in [5, 5.41) is 21.2. The van der Waals surface area contributed by atoms with Crippen LogP contribution in [0, 0.1) is 5.92 Å². The van der Waals surface area contributed by atoms with Gasteiger partial charge in [0.25, 0.3) is 11.7 Å². The van der Waals surface area contributed by atoms with Gasteiger partial charge in [-0.3, -0.25) is 14.5 Å². The molecule has 3 aromatic carbocycles. The number of aliphatic hydroxyl groups excluding tert-OH is 1. The number of Topliss-reactive ketones (excluding diaryl/α,β-unsaturated/α-hetero) is 1. The van der Waals surface area contributed by atoms with E-state index in [4.69, 9.17) is 9.47 Å². The van der Waals surface area contributed by atoms with Crippen LogP contribution in [0.25, 0.3) is 5.76 Å². The van der Waals surface area contributed by atoms with Crippen LogP contribution in [-0.2, 0) is 14.3 Å². The average Bonchev–Trinajstić information content (AvgIpc) is 3.20. The first kappa shape index (κ1) is 27.4. The molecule has 4 rings (SSSR count). The number of amides is 1. The lowest BCUT2D eigenvalue weighted by atomic mass is 9.95. The molecule has 3 aromatic rings. The number of ether oxygens (including phenoxy) is 2. The number of phenolic OH excluding ortho intramolecular Hbond substituents is 1. The molecular formula is C31H31NO7. The van der Waals surface area contributed by atoms with Gasteiger partial charge in [-0.1, -0.05) is 45.0 Å². The second kappa shape index (κ2) is 11.9. The predicted molar refractivity (Wildman–Crippen MR) is 147 cm³/mol. The van der Waals surface area contributed by atoms with Gasteiger partial charge in [-0.25, -0.2) is 4.79 Å². The van der Waals surface area contributed by atoms with Gasteiger partial charge in [-0.2, -0.15) is 0 Å². The Balaban J connectivity index is 1.79. The van der Waals surface area contributed by atoms with Gasteiger partial charge >= 0.3 is 5.97 Å². The van der Waals surface area contributed by atoms with Gasteiger partial charge in [0.05, 0.1) is 30.4 Å². The molecule has 1 aliphatic heterocycles. The average molecular weight is 530 g/mol. The summed E-state index contributed by atoms with van der Waals surface area (Å²) in [7, 11) is 0. The molecule has 0 aliphatic carbocycles. The van der Waals surface area contributed by atoms with Crippen LogP contribution < -0.4 is 9.64 Å². The lowest BCUT2D eigenvalue weighted by molar-refractivity contribution is -0.132. The number of phenols is 1. The number of carbonyl (C=O) groups is 3. The van der Waals surface area contributed by atoms with Crippen molar-refractivity contribution in [1.82, 2.24) is 0 Å². The Morgan fingerprint density at radius 3 is 2.31 bits per heavy atom. The summed E-state index contributed by atoms with van der Waals surface area (Å²) in [5.74, 6) is -1.69. The van der Waals surface area contributed by atoms with Crippen LogP contribution in [0.15, 0.2) is 78.4 Å². The maximum atomic E-state index is 13.4. The van der Waals surface area contributed by atoms with Crippen LogP contribution >= 0.6 is 0 Å². The fraction of sp³-hybridized carbons (Fsp3) is 0.258. The van der Waals surface area contributed by atoms with E-state index in [1.165, 1.54) is 29.2 Å². The highest BCUT2D eigenvalue weighted by Gasteiger charge is 2.47. The Bertz CT molecular complexity index is 1390. The van der Waals surface area contributed by atoms with E-state index in [1.807, 2.05) is 20.8 Å². The summed E-state index contributed by atoms with van der Waals surface area (Å²) < 4.78 is 10.9. The van der Waals surface area contributed by atoms with Crippen LogP contribution in [-0.4, -0.2) is 41.1 Å². The van der Waals surface area contributed by atoms with Crippen molar-refractivity contribution < 1.29 is 34.1 Å². The van der Waals surface area contributed by atoms with Crippen LogP contribution in [0.4, 0.5) is 5.69 Å². The SMILES string of the molecule is CCCOC(=O)c1ccc(N2C(=O)C(=O)/C(=C(/O)c3cccc(OCC(C)C)c3)C2c2ccc(O)cc2)cc1. The number of benzene rings is 3. The van der Waals surface area contributed by atoms with Crippen molar-refractivity contribution in [2.45, 2.75) is 33.2 Å². The largest absolute Gasteiger partial charge is 0.508 e. The van der Waals surface area contributed by atoms with Crippen molar-refractivity contribution in [3.8, 4) is 11.5 Å². The molecule has 1 atom stereocenters. The minimum Gasteiger partial charge on any atom is -0.508 e. The van der Waals surface area contributed by atoms with Gasteiger partial charge < -0.3 is 19.7 Å². The fourth-order valence-corrected chi connectivity index (χ4v) is 4.26. The van der Waals surface area contributed by atoms with Gasteiger partial charge in [0.2, 0.25) is 0 Å². The number of aliphatic hydroxyl groups is 1. The number of hydrogen-bond acceptors (Lipinski definition) is 7. The smallest absolute Gasteiger partial charge is 0.338 e. The number of anilines is 1. The number of rotatable bonds is 9. The minimum atomic E-state index is -0.983. The number of ketones is 1. The summed E-state index contributed by atoms with van der Waals surface area (Å²) in [5.41, 5.74) is 1.40. The summed E-state index contributed by atoms with van der Waals surface area (Å²) in [4.78, 5) is 40.3. The van der Waals surface area contributed by atoms with Crippen LogP contribution in [0.5, 0.6) is 11.5 Å². The molecule has 0 spiro atoms. The van der Waals surface area contributed by atoms with Gasteiger partial charge in [-0.05, 0) is 66.4 Å². The van der Waals surface area contributed by atoms with Crippen LogP contribution in [0.3, 0.4) is 0 Å². The Morgan fingerprint density at radius 1 is 0.974 bits per heavy atom. The topological polar surface area (TPSA) is 113 Å². The normalized spacial score (nSPS) is 16.5. The highest BCUT2D eigenvalue weighted by atomic mass is 16.5. The van der Waals surface area contributed by atoms with Gasteiger partial charge in [0, 0.05) is 11.3 Å². The van der Waals surface area contributed by atoms with Crippen molar-refractivity contribution in [2.24, 2.45) is 5.92 Å². The Hall–Kier alpha value is -4.59. The molecule has 1 heterocycles. The molecule has 202 valence electrons. The van der Waals surface area contributed by atoms with E-state index in [-0.39, 0.29) is 17.1 Å². The number of esters is 1. The Morgan fingerprint density at radius 2 is 1.67 bits per heavy atom. The molecule has 8 nitrogen and oxygen atoms in total. The molecule has 0 saturated carbocycles. The zero-order valence-corrected chi connectivity index (χ0v) is 22.1. The lowest BCUT2D eigenvalue weighted by Gasteiger charge is -2.25. The molecule has 1 aliphatic rings. The van der Waals surface area contributed by atoms with Crippen LogP contribution in [0.1, 0.15) is 54.7 Å². The van der Waals surface area contributed by atoms with E-state index in [0.717, 1.165) is 0 Å². The van der Waals surface area contributed by atoms with Crippen molar-refractivity contribution in [2.75, 3.05) is 18.1 Å². The predicted octanol–water partition coefficient (Wildman–Crippen LogP) is 5.62. The zero-order valence-electron chi connectivity index (χ0n) is 22.1.